The number of rotatable bonds is 0. The molecule has 28 heavy (non-hydrogen) atoms. The summed E-state index contributed by atoms with van der Waals surface area (Å²) in [6.45, 7) is 0. The van der Waals surface area contributed by atoms with E-state index in [1.807, 2.05) is 0 Å². The Kier molecular flexibility index (Phi) is 4.24. The van der Waals surface area contributed by atoms with Crippen molar-refractivity contribution < 1.29 is 65.9 Å². The molecule has 1 aliphatic heterocycles. The largest absolute Gasteiger partial charge is 0.430 e. The van der Waals surface area contributed by atoms with Gasteiger partial charge in [0.1, 0.15) is 0 Å². The van der Waals surface area contributed by atoms with Gasteiger partial charge in [0.25, 0.3) is 5.00 Å². The van der Waals surface area contributed by atoms with Gasteiger partial charge < -0.3 is 0 Å². The van der Waals surface area contributed by atoms with Crippen LogP contribution in [0.2, 0.25) is 0 Å². The smallest absolute Gasteiger partial charge is 0.170 e. The van der Waals surface area contributed by atoms with E-state index in [4.69, 9.17) is 0 Å². The van der Waals surface area contributed by atoms with E-state index in [2.05, 4.69) is 11.6 Å². The molecule has 162 valence electrons. The predicted molar refractivity (Wildman–Crippen MR) is 55.9 cm³/mol. The molecule has 2 rings (SSSR count). The first-order chi connectivity index (χ1) is 11.9. The number of hydrogen-bond donors (Lipinski definition) is 0. The number of alkyl halides is 16. The van der Waals surface area contributed by atoms with Crippen LogP contribution in [0.25, 0.3) is 0 Å². The average Bonchev–Trinajstić information content (AvgIpc) is 2.51. The van der Waals surface area contributed by atoms with Crippen molar-refractivity contribution in [1.82, 2.24) is 0 Å². The summed E-state index contributed by atoms with van der Waals surface area (Å²) in [5, 5.41) is 2.88. The third-order valence-corrected chi connectivity index (χ3v) is 4.72. The van der Waals surface area contributed by atoms with E-state index in [0.717, 1.165) is 0 Å². The standard InChI is InChI=1S/C10ClF15N2/c11-7(10(24,25)26)3(8(18,19)20)1(5(12,13)14)2(6(15,16)17)4(3,27-28-7)9(21,22)23/t3-,4-,7?/m1/s1. The van der Waals surface area contributed by atoms with Crippen LogP contribution in [-0.2, 0) is 0 Å². The zero-order chi connectivity index (χ0) is 22.6. The SMILES string of the molecule is FC(F)(F)C1=C(C(F)(F)F)[C@@]2(C(F)(F)F)N=NC(Cl)(C(F)(F)F)[C@@]12C(F)(F)F. The Balaban J connectivity index is 3.23. The first-order valence-electron chi connectivity index (χ1n) is 6.17. The molecule has 18 heteroatoms. The van der Waals surface area contributed by atoms with Gasteiger partial charge in [0, 0.05) is 0 Å². The van der Waals surface area contributed by atoms with E-state index in [0.29, 0.717) is 0 Å². The van der Waals surface area contributed by atoms with Gasteiger partial charge in [0.15, 0.2) is 5.41 Å². The van der Waals surface area contributed by atoms with Gasteiger partial charge in [-0.25, -0.2) is 0 Å². The summed E-state index contributed by atoms with van der Waals surface area (Å²) in [6, 6.07) is 0. The Morgan fingerprint density at radius 1 is 0.536 bits per heavy atom. The summed E-state index contributed by atoms with van der Waals surface area (Å²) in [7, 11) is 0. The van der Waals surface area contributed by atoms with Crippen molar-refractivity contribution in [3.05, 3.63) is 11.1 Å². The van der Waals surface area contributed by atoms with Gasteiger partial charge in [0.2, 0.25) is 5.54 Å². The second-order valence-corrected chi connectivity index (χ2v) is 6.07. The highest BCUT2D eigenvalue weighted by atomic mass is 35.5. The normalized spacial score (nSPS) is 34.6. The number of halogens is 16. The van der Waals surface area contributed by atoms with Crippen molar-refractivity contribution >= 4 is 11.6 Å². The molecular formula is C10ClF15N2. The van der Waals surface area contributed by atoms with Crippen LogP contribution in [0.5, 0.6) is 0 Å². The molecule has 0 aromatic rings. The van der Waals surface area contributed by atoms with Gasteiger partial charge >= 0.3 is 30.9 Å². The van der Waals surface area contributed by atoms with Crippen LogP contribution in [0.4, 0.5) is 65.9 Å². The highest BCUT2D eigenvalue weighted by Crippen LogP contribution is 2.83. The highest BCUT2D eigenvalue weighted by molar-refractivity contribution is 6.26. The maximum atomic E-state index is 13.5. The van der Waals surface area contributed by atoms with Crippen LogP contribution in [0.1, 0.15) is 0 Å². The van der Waals surface area contributed by atoms with Crippen molar-refractivity contribution in [2.45, 2.75) is 41.4 Å². The van der Waals surface area contributed by atoms with Gasteiger partial charge in [-0.15, -0.1) is 0 Å². The number of nitrogens with zero attached hydrogens (tertiary/aromatic N) is 2. The van der Waals surface area contributed by atoms with Gasteiger partial charge in [-0.1, -0.05) is 11.6 Å². The maximum absolute atomic E-state index is 13.5. The fraction of sp³-hybridized carbons (Fsp3) is 0.800. The zero-order valence-electron chi connectivity index (χ0n) is 11.9. The summed E-state index contributed by atoms with van der Waals surface area (Å²) >= 11 is 4.49. The van der Waals surface area contributed by atoms with E-state index in [-0.39, 0.29) is 0 Å². The molecule has 3 atom stereocenters. The molecule has 0 fully saturated rings. The molecule has 0 aromatic carbocycles. The monoisotopic (exact) mass is 468 g/mol. The lowest BCUT2D eigenvalue weighted by Gasteiger charge is -2.58. The van der Waals surface area contributed by atoms with E-state index in [9.17, 15) is 65.9 Å². The van der Waals surface area contributed by atoms with Crippen molar-refractivity contribution in [3.63, 3.8) is 0 Å². The molecule has 0 saturated carbocycles. The molecule has 1 aliphatic carbocycles. The summed E-state index contributed by atoms with van der Waals surface area (Å²) in [5.41, 5.74) is -20.8. The molecule has 0 spiro atoms. The Morgan fingerprint density at radius 2 is 0.929 bits per heavy atom. The summed E-state index contributed by atoms with van der Waals surface area (Å²) < 4.78 is 198. The Labute approximate surface area is 147 Å². The van der Waals surface area contributed by atoms with Crippen molar-refractivity contribution in [3.8, 4) is 0 Å². The summed E-state index contributed by atoms with van der Waals surface area (Å²) in [4.78, 5) is -5.87. The highest BCUT2D eigenvalue weighted by Gasteiger charge is 3.02. The minimum absolute atomic E-state index is 1.43. The molecular weight excluding hydrogens is 469 g/mol. The van der Waals surface area contributed by atoms with E-state index in [1.165, 1.54) is 10.2 Å². The molecule has 2 aliphatic rings. The van der Waals surface area contributed by atoms with Crippen LogP contribution in [0.3, 0.4) is 0 Å². The number of fused-ring (bicyclic) bond motifs is 1. The predicted octanol–water partition coefficient (Wildman–Crippen LogP) is 6.23. The molecule has 0 bridgehead atoms. The Morgan fingerprint density at radius 3 is 1.18 bits per heavy atom. The zero-order valence-corrected chi connectivity index (χ0v) is 12.7. The molecule has 0 radical (unpaired) electrons. The number of azo groups is 1. The third-order valence-electron chi connectivity index (χ3n) is 4.14. The van der Waals surface area contributed by atoms with E-state index in [1.54, 1.807) is 0 Å². The lowest BCUT2D eigenvalue weighted by molar-refractivity contribution is -0.347. The minimum atomic E-state index is -7.27. The van der Waals surface area contributed by atoms with Gasteiger partial charge in [0.05, 0.1) is 11.1 Å². The summed E-state index contributed by atoms with van der Waals surface area (Å²) in [6.07, 6.45) is -34.9. The molecule has 0 aromatic heterocycles. The lowest BCUT2D eigenvalue weighted by Crippen LogP contribution is -2.80. The van der Waals surface area contributed by atoms with Gasteiger partial charge in [-0.2, -0.15) is 76.1 Å². The Hall–Kier alpha value is -1.42. The van der Waals surface area contributed by atoms with Crippen LogP contribution in [0, 0.1) is 5.41 Å². The topological polar surface area (TPSA) is 24.7 Å². The molecule has 0 N–H and O–H groups in total. The van der Waals surface area contributed by atoms with Crippen LogP contribution in [-0.4, -0.2) is 41.4 Å². The summed E-state index contributed by atoms with van der Waals surface area (Å²) in [5.74, 6) is 0. The molecule has 0 amide bonds. The fourth-order valence-electron chi connectivity index (χ4n) is 3.34. The number of hydrogen-bond acceptors (Lipinski definition) is 2. The first kappa shape index (κ1) is 22.9. The van der Waals surface area contributed by atoms with Crippen molar-refractivity contribution in [1.29, 1.82) is 0 Å². The van der Waals surface area contributed by atoms with Gasteiger partial charge in [-0.3, -0.25) is 0 Å². The fourth-order valence-corrected chi connectivity index (χ4v) is 3.72. The third kappa shape index (κ3) is 2.21. The average molecular weight is 469 g/mol. The maximum Gasteiger partial charge on any atom is 0.430 e. The molecule has 2 nitrogen and oxygen atoms in total. The molecule has 1 unspecified atom stereocenters. The second kappa shape index (κ2) is 5.19. The second-order valence-electron chi connectivity index (χ2n) is 5.52. The lowest BCUT2D eigenvalue weighted by atomic mass is 9.47. The van der Waals surface area contributed by atoms with Crippen molar-refractivity contribution in [2.75, 3.05) is 0 Å². The molecule has 1 heterocycles. The van der Waals surface area contributed by atoms with Crippen LogP contribution >= 0.6 is 11.6 Å². The van der Waals surface area contributed by atoms with Crippen LogP contribution in [0.15, 0.2) is 21.4 Å². The van der Waals surface area contributed by atoms with Crippen LogP contribution < -0.4 is 0 Å². The van der Waals surface area contributed by atoms with Gasteiger partial charge in [-0.05, 0) is 0 Å². The van der Waals surface area contributed by atoms with E-state index >= 15 is 0 Å². The van der Waals surface area contributed by atoms with E-state index < -0.39 is 58.0 Å². The first-order valence-corrected chi connectivity index (χ1v) is 6.55. The molecule has 0 saturated heterocycles. The Bertz CT molecular complexity index is 749. The quantitative estimate of drug-likeness (QED) is 0.174. The van der Waals surface area contributed by atoms with Crippen molar-refractivity contribution in [2.24, 2.45) is 15.6 Å². The minimum Gasteiger partial charge on any atom is -0.170 e.